The van der Waals surface area contributed by atoms with Gasteiger partial charge >= 0.3 is 0 Å². The number of thiazole rings is 1. The standard InChI is InChI=1S/C15H16ClN3S.ClH/c1-10(11-6-8-12(16)9-7-11)18-19-15-17-13-4-2-3-5-14(13)20-15;/h6-9H,2-5H2,1H3,(H,17,19);1H/b18-10+;. The molecule has 1 N–H and O–H groups in total. The third kappa shape index (κ3) is 3.96. The van der Waals surface area contributed by atoms with Gasteiger partial charge in [-0.05, 0) is 50.3 Å². The lowest BCUT2D eigenvalue weighted by atomic mass is 10.0. The number of aryl methyl sites for hydroxylation is 2. The predicted molar refractivity (Wildman–Crippen MR) is 93.3 cm³/mol. The van der Waals surface area contributed by atoms with Gasteiger partial charge in [-0.3, -0.25) is 5.43 Å². The highest BCUT2D eigenvalue weighted by atomic mass is 35.5. The van der Waals surface area contributed by atoms with Crippen LogP contribution in [0.3, 0.4) is 0 Å². The number of hydrogen-bond donors (Lipinski definition) is 1. The summed E-state index contributed by atoms with van der Waals surface area (Å²) in [5.41, 5.74) is 6.31. The number of hydrogen-bond acceptors (Lipinski definition) is 4. The molecule has 0 fully saturated rings. The van der Waals surface area contributed by atoms with Crippen LogP contribution < -0.4 is 5.43 Å². The van der Waals surface area contributed by atoms with E-state index in [1.807, 2.05) is 31.2 Å². The lowest BCUT2D eigenvalue weighted by molar-refractivity contribution is 0.682. The van der Waals surface area contributed by atoms with Crippen LogP contribution in [0.1, 0.15) is 35.9 Å². The molecule has 0 saturated heterocycles. The first-order valence-electron chi connectivity index (χ1n) is 6.77. The SMILES string of the molecule is C/C(=N\Nc1nc2c(s1)CCCC2)c1ccc(Cl)cc1.Cl. The summed E-state index contributed by atoms with van der Waals surface area (Å²) in [6, 6.07) is 7.68. The number of fused-ring (bicyclic) bond motifs is 1. The van der Waals surface area contributed by atoms with E-state index in [9.17, 15) is 0 Å². The number of nitrogens with one attached hydrogen (secondary N) is 1. The summed E-state index contributed by atoms with van der Waals surface area (Å²) in [4.78, 5) is 6.02. The fraction of sp³-hybridized carbons (Fsp3) is 0.333. The fourth-order valence-corrected chi connectivity index (χ4v) is 3.41. The smallest absolute Gasteiger partial charge is 0.203 e. The van der Waals surface area contributed by atoms with Gasteiger partial charge in [-0.2, -0.15) is 5.10 Å². The second-order valence-electron chi connectivity index (χ2n) is 4.91. The Morgan fingerprint density at radius 3 is 2.67 bits per heavy atom. The molecule has 0 amide bonds. The molecule has 3 nitrogen and oxygen atoms in total. The average molecular weight is 342 g/mol. The van der Waals surface area contributed by atoms with Gasteiger partial charge in [0.05, 0.1) is 11.4 Å². The summed E-state index contributed by atoms with van der Waals surface area (Å²) < 4.78 is 0. The molecule has 0 radical (unpaired) electrons. The Labute approximate surface area is 139 Å². The zero-order valence-electron chi connectivity index (χ0n) is 11.7. The van der Waals surface area contributed by atoms with Gasteiger partial charge in [0, 0.05) is 9.90 Å². The van der Waals surface area contributed by atoms with Gasteiger partial charge in [0.25, 0.3) is 0 Å². The van der Waals surface area contributed by atoms with Gasteiger partial charge in [-0.1, -0.05) is 23.7 Å². The number of nitrogens with zero attached hydrogens (tertiary/aromatic N) is 2. The van der Waals surface area contributed by atoms with Gasteiger partial charge in [0.15, 0.2) is 0 Å². The molecule has 112 valence electrons. The van der Waals surface area contributed by atoms with Crippen molar-refractivity contribution in [1.29, 1.82) is 0 Å². The van der Waals surface area contributed by atoms with Crippen LogP contribution in [-0.4, -0.2) is 10.7 Å². The molecule has 0 atom stereocenters. The number of rotatable bonds is 3. The Kier molecular flexibility index (Phi) is 5.62. The largest absolute Gasteiger partial charge is 0.252 e. The van der Waals surface area contributed by atoms with Crippen LogP contribution in [0.2, 0.25) is 5.02 Å². The highest BCUT2D eigenvalue weighted by Gasteiger charge is 2.14. The van der Waals surface area contributed by atoms with E-state index in [1.54, 1.807) is 11.3 Å². The maximum Gasteiger partial charge on any atom is 0.203 e. The Morgan fingerprint density at radius 1 is 1.24 bits per heavy atom. The molecular formula is C15H17Cl2N3S. The van der Waals surface area contributed by atoms with Crippen LogP contribution >= 0.6 is 35.3 Å². The first-order valence-corrected chi connectivity index (χ1v) is 7.96. The maximum atomic E-state index is 5.88. The molecule has 1 aliphatic carbocycles. The van der Waals surface area contributed by atoms with Crippen molar-refractivity contribution in [2.75, 3.05) is 5.43 Å². The number of anilines is 1. The van der Waals surface area contributed by atoms with Gasteiger partial charge in [-0.25, -0.2) is 4.98 Å². The Morgan fingerprint density at radius 2 is 1.95 bits per heavy atom. The molecule has 6 heteroatoms. The summed E-state index contributed by atoms with van der Waals surface area (Å²) in [5.74, 6) is 0. The molecule has 0 aliphatic heterocycles. The van der Waals surface area contributed by atoms with Crippen LogP contribution in [0.5, 0.6) is 0 Å². The van der Waals surface area contributed by atoms with E-state index in [0.29, 0.717) is 0 Å². The van der Waals surface area contributed by atoms with E-state index in [1.165, 1.54) is 23.4 Å². The van der Waals surface area contributed by atoms with Crippen molar-refractivity contribution in [3.8, 4) is 0 Å². The van der Waals surface area contributed by atoms with E-state index >= 15 is 0 Å². The lowest BCUT2D eigenvalue weighted by Gasteiger charge is -2.06. The lowest BCUT2D eigenvalue weighted by Crippen LogP contribution is -2.00. The molecular weight excluding hydrogens is 325 g/mol. The van der Waals surface area contributed by atoms with E-state index in [0.717, 1.165) is 34.3 Å². The highest BCUT2D eigenvalue weighted by molar-refractivity contribution is 7.15. The Hall–Kier alpha value is -1.10. The van der Waals surface area contributed by atoms with Crippen LogP contribution in [0.25, 0.3) is 0 Å². The number of hydrazone groups is 1. The van der Waals surface area contributed by atoms with Crippen LogP contribution in [0, 0.1) is 0 Å². The molecule has 0 bridgehead atoms. The molecule has 0 saturated carbocycles. The van der Waals surface area contributed by atoms with Crippen LogP contribution in [0.4, 0.5) is 5.13 Å². The topological polar surface area (TPSA) is 37.3 Å². The molecule has 1 aliphatic rings. The van der Waals surface area contributed by atoms with Gasteiger partial charge < -0.3 is 0 Å². The summed E-state index contributed by atoms with van der Waals surface area (Å²) in [6.45, 7) is 1.98. The van der Waals surface area contributed by atoms with E-state index < -0.39 is 0 Å². The predicted octanol–water partition coefficient (Wildman–Crippen LogP) is 4.93. The first-order chi connectivity index (χ1) is 9.72. The van der Waals surface area contributed by atoms with Crippen LogP contribution in [-0.2, 0) is 12.8 Å². The maximum absolute atomic E-state index is 5.88. The third-order valence-electron chi connectivity index (χ3n) is 3.43. The average Bonchev–Trinajstić information content (AvgIpc) is 2.88. The van der Waals surface area contributed by atoms with E-state index in [-0.39, 0.29) is 12.4 Å². The minimum atomic E-state index is 0. The molecule has 1 aromatic carbocycles. The van der Waals surface area contributed by atoms with Gasteiger partial charge in [0.1, 0.15) is 0 Å². The highest BCUT2D eigenvalue weighted by Crippen LogP contribution is 2.29. The Bertz CT molecular complexity index is 611. The second kappa shape index (κ2) is 7.25. The second-order valence-corrected chi connectivity index (χ2v) is 6.43. The number of aromatic nitrogens is 1. The zero-order chi connectivity index (χ0) is 13.9. The van der Waals surface area contributed by atoms with Crippen molar-refractivity contribution < 1.29 is 0 Å². The minimum absolute atomic E-state index is 0. The van der Waals surface area contributed by atoms with Crippen molar-refractivity contribution >= 4 is 46.2 Å². The molecule has 21 heavy (non-hydrogen) atoms. The zero-order valence-corrected chi connectivity index (χ0v) is 14.1. The quantitative estimate of drug-likeness (QED) is 0.634. The summed E-state index contributed by atoms with van der Waals surface area (Å²) in [5, 5.41) is 6.04. The monoisotopic (exact) mass is 341 g/mol. The number of halogens is 2. The molecule has 1 heterocycles. The van der Waals surface area contributed by atoms with Gasteiger partial charge in [-0.15, -0.1) is 23.7 Å². The van der Waals surface area contributed by atoms with Crippen molar-refractivity contribution in [1.82, 2.24) is 4.98 Å². The first kappa shape index (κ1) is 16.3. The number of benzene rings is 1. The van der Waals surface area contributed by atoms with Crippen molar-refractivity contribution in [2.24, 2.45) is 5.10 Å². The van der Waals surface area contributed by atoms with Crippen molar-refractivity contribution in [3.63, 3.8) is 0 Å². The Balaban J connectivity index is 0.00000161. The fourth-order valence-electron chi connectivity index (χ4n) is 2.29. The summed E-state index contributed by atoms with van der Waals surface area (Å²) in [7, 11) is 0. The van der Waals surface area contributed by atoms with E-state index in [2.05, 4.69) is 15.5 Å². The summed E-state index contributed by atoms with van der Waals surface area (Å²) in [6.07, 6.45) is 4.80. The normalized spacial score (nSPS) is 14.3. The summed E-state index contributed by atoms with van der Waals surface area (Å²) >= 11 is 7.61. The van der Waals surface area contributed by atoms with Crippen molar-refractivity contribution in [2.45, 2.75) is 32.6 Å². The minimum Gasteiger partial charge on any atom is -0.252 e. The molecule has 1 aromatic heterocycles. The van der Waals surface area contributed by atoms with Crippen LogP contribution in [0.15, 0.2) is 29.4 Å². The van der Waals surface area contributed by atoms with Gasteiger partial charge in [0.2, 0.25) is 5.13 Å². The molecule has 3 rings (SSSR count). The molecule has 0 spiro atoms. The van der Waals surface area contributed by atoms with E-state index in [4.69, 9.17) is 11.6 Å². The van der Waals surface area contributed by atoms with Crippen molar-refractivity contribution in [3.05, 3.63) is 45.4 Å². The third-order valence-corrected chi connectivity index (χ3v) is 4.74. The molecule has 0 unspecified atom stereocenters. The molecule has 2 aromatic rings.